The van der Waals surface area contributed by atoms with Gasteiger partial charge in [0.05, 0.1) is 0 Å². The van der Waals surface area contributed by atoms with E-state index in [1.54, 1.807) is 11.6 Å². The van der Waals surface area contributed by atoms with Gasteiger partial charge in [-0.2, -0.15) is 0 Å². The Morgan fingerprint density at radius 3 is 2.46 bits per heavy atom. The van der Waals surface area contributed by atoms with Gasteiger partial charge in [0.25, 0.3) is 0 Å². The highest BCUT2D eigenvalue weighted by Gasteiger charge is 2.29. The SMILES string of the molecule is CC1(C)CCC(CN2CCN(c3ccc(C(=O)O)c(Oc4cccc(Br)c4)c3)CC2)=C(c2ccc(Cl)cc2)C1. The van der Waals surface area contributed by atoms with Crippen molar-refractivity contribution in [1.29, 1.82) is 0 Å². The first-order chi connectivity index (χ1) is 18.7. The van der Waals surface area contributed by atoms with Crippen molar-refractivity contribution < 1.29 is 14.6 Å². The molecule has 1 saturated heterocycles. The number of benzene rings is 3. The van der Waals surface area contributed by atoms with Crippen LogP contribution in [0.2, 0.25) is 5.02 Å². The van der Waals surface area contributed by atoms with Crippen molar-refractivity contribution in [3.8, 4) is 11.5 Å². The molecule has 3 aromatic carbocycles. The molecule has 1 N–H and O–H groups in total. The second-order valence-corrected chi connectivity index (χ2v) is 12.6. The highest BCUT2D eigenvalue weighted by Crippen LogP contribution is 2.43. The molecule has 0 aromatic heterocycles. The van der Waals surface area contributed by atoms with Crippen LogP contribution in [0.1, 0.15) is 49.0 Å². The lowest BCUT2D eigenvalue weighted by molar-refractivity contribution is 0.0694. The van der Waals surface area contributed by atoms with Gasteiger partial charge in [0, 0.05) is 54.0 Å². The maximum absolute atomic E-state index is 11.9. The molecule has 0 spiro atoms. The quantitative estimate of drug-likeness (QED) is 0.292. The lowest BCUT2D eigenvalue weighted by Crippen LogP contribution is -2.47. The molecule has 1 aliphatic carbocycles. The maximum atomic E-state index is 11.9. The van der Waals surface area contributed by atoms with Crippen LogP contribution < -0.4 is 9.64 Å². The van der Waals surface area contributed by atoms with Crippen LogP contribution in [0.4, 0.5) is 5.69 Å². The normalized spacial score (nSPS) is 17.8. The topological polar surface area (TPSA) is 53.0 Å². The van der Waals surface area contributed by atoms with Gasteiger partial charge in [0.15, 0.2) is 0 Å². The second-order valence-electron chi connectivity index (χ2n) is 11.2. The molecule has 0 atom stereocenters. The van der Waals surface area contributed by atoms with Gasteiger partial charge in [-0.1, -0.05) is 65.2 Å². The van der Waals surface area contributed by atoms with Crippen LogP contribution in [-0.4, -0.2) is 48.7 Å². The molecule has 5 nitrogen and oxygen atoms in total. The highest BCUT2D eigenvalue weighted by atomic mass is 79.9. The zero-order valence-corrected chi connectivity index (χ0v) is 24.8. The second kappa shape index (κ2) is 11.7. The number of piperazine rings is 1. The average Bonchev–Trinajstić information content (AvgIpc) is 2.90. The van der Waals surface area contributed by atoms with Crippen LogP contribution in [0.25, 0.3) is 5.57 Å². The van der Waals surface area contributed by atoms with Crippen LogP contribution in [0.15, 0.2) is 76.8 Å². The monoisotopic (exact) mass is 608 g/mol. The van der Waals surface area contributed by atoms with Crippen molar-refractivity contribution in [1.82, 2.24) is 4.90 Å². The van der Waals surface area contributed by atoms with Crippen LogP contribution >= 0.6 is 27.5 Å². The number of hydrogen-bond donors (Lipinski definition) is 1. The molecule has 3 aromatic rings. The van der Waals surface area contributed by atoms with Gasteiger partial charge in [0.2, 0.25) is 0 Å². The van der Waals surface area contributed by atoms with Crippen molar-refractivity contribution in [2.24, 2.45) is 5.41 Å². The number of carboxylic acid groups (broad SMARTS) is 1. The molecule has 0 bridgehead atoms. The molecule has 39 heavy (non-hydrogen) atoms. The minimum atomic E-state index is -1.00. The van der Waals surface area contributed by atoms with Gasteiger partial charge < -0.3 is 14.7 Å². The molecule has 7 heteroatoms. The molecular formula is C32H34BrClN2O3. The molecule has 1 heterocycles. The first-order valence-electron chi connectivity index (χ1n) is 13.4. The van der Waals surface area contributed by atoms with Crippen molar-refractivity contribution >= 4 is 44.8 Å². The minimum absolute atomic E-state index is 0.152. The van der Waals surface area contributed by atoms with Crippen LogP contribution in [0, 0.1) is 5.41 Å². The van der Waals surface area contributed by atoms with E-state index in [1.807, 2.05) is 48.5 Å². The van der Waals surface area contributed by atoms with E-state index in [0.717, 1.165) is 60.7 Å². The fourth-order valence-electron chi connectivity index (χ4n) is 5.52. The molecule has 0 amide bonds. The van der Waals surface area contributed by atoms with E-state index in [0.29, 0.717) is 16.9 Å². The summed E-state index contributed by atoms with van der Waals surface area (Å²) in [5, 5.41) is 10.5. The fourth-order valence-corrected chi connectivity index (χ4v) is 6.03. The highest BCUT2D eigenvalue weighted by molar-refractivity contribution is 9.10. The Labute approximate surface area is 244 Å². The Hall–Kier alpha value is -2.80. The maximum Gasteiger partial charge on any atom is 0.339 e. The Kier molecular flexibility index (Phi) is 8.36. The van der Waals surface area contributed by atoms with Crippen molar-refractivity contribution in [2.45, 2.75) is 33.1 Å². The van der Waals surface area contributed by atoms with E-state index in [-0.39, 0.29) is 5.56 Å². The van der Waals surface area contributed by atoms with E-state index >= 15 is 0 Å². The standard InChI is InChI=1S/C32H34BrClN2O3/c1-32(2)13-12-23(29(20-32)22-6-8-25(34)9-7-22)21-35-14-16-36(17-15-35)26-10-11-28(31(37)38)30(19-26)39-27-5-3-4-24(33)18-27/h3-11,18-19H,12-17,20-21H2,1-2H3,(H,37,38). The van der Waals surface area contributed by atoms with Crippen molar-refractivity contribution in [3.63, 3.8) is 0 Å². The number of nitrogens with zero attached hydrogens (tertiary/aromatic N) is 2. The zero-order valence-electron chi connectivity index (χ0n) is 22.4. The van der Waals surface area contributed by atoms with Crippen LogP contribution in [0.5, 0.6) is 11.5 Å². The molecule has 2 aliphatic rings. The third-order valence-electron chi connectivity index (χ3n) is 7.75. The smallest absolute Gasteiger partial charge is 0.339 e. The summed E-state index contributed by atoms with van der Waals surface area (Å²) in [5.74, 6) is -0.0610. The summed E-state index contributed by atoms with van der Waals surface area (Å²) in [4.78, 5) is 16.7. The zero-order chi connectivity index (χ0) is 27.6. The first kappa shape index (κ1) is 27.8. The molecular weight excluding hydrogens is 576 g/mol. The summed E-state index contributed by atoms with van der Waals surface area (Å²) in [7, 11) is 0. The molecule has 0 unspecified atom stereocenters. The Morgan fingerprint density at radius 2 is 1.77 bits per heavy atom. The number of hydrogen-bond acceptors (Lipinski definition) is 4. The van der Waals surface area contributed by atoms with E-state index < -0.39 is 5.97 Å². The van der Waals surface area contributed by atoms with Gasteiger partial charge in [-0.3, -0.25) is 4.90 Å². The fraction of sp³-hybridized carbons (Fsp3) is 0.344. The van der Waals surface area contributed by atoms with E-state index in [9.17, 15) is 9.90 Å². The molecule has 1 aliphatic heterocycles. The van der Waals surface area contributed by atoms with Gasteiger partial charge in [-0.05, 0) is 78.3 Å². The van der Waals surface area contributed by atoms with Gasteiger partial charge in [-0.25, -0.2) is 4.79 Å². The molecule has 0 saturated carbocycles. The number of allylic oxidation sites excluding steroid dienone is 1. The Morgan fingerprint density at radius 1 is 1.03 bits per heavy atom. The molecule has 204 valence electrons. The van der Waals surface area contributed by atoms with Gasteiger partial charge >= 0.3 is 5.97 Å². The third-order valence-corrected chi connectivity index (χ3v) is 8.49. The summed E-state index contributed by atoms with van der Waals surface area (Å²) in [6.45, 7) is 9.35. The third kappa shape index (κ3) is 6.86. The minimum Gasteiger partial charge on any atom is -0.478 e. The summed E-state index contributed by atoms with van der Waals surface area (Å²) in [6.07, 6.45) is 3.41. The largest absolute Gasteiger partial charge is 0.478 e. The van der Waals surface area contributed by atoms with Gasteiger partial charge in [-0.15, -0.1) is 0 Å². The lowest BCUT2D eigenvalue weighted by atomic mass is 9.72. The Balaban J connectivity index is 1.30. The summed E-state index contributed by atoms with van der Waals surface area (Å²) < 4.78 is 6.90. The number of carbonyl (C=O) groups is 1. The summed E-state index contributed by atoms with van der Waals surface area (Å²) in [5.41, 5.74) is 5.74. The van der Waals surface area contributed by atoms with E-state index in [1.165, 1.54) is 17.6 Å². The lowest BCUT2D eigenvalue weighted by Gasteiger charge is -2.39. The Bertz CT molecular complexity index is 1380. The molecule has 5 rings (SSSR count). The number of aromatic carboxylic acids is 1. The number of halogens is 2. The predicted octanol–water partition coefficient (Wildman–Crippen LogP) is 8.38. The first-order valence-corrected chi connectivity index (χ1v) is 14.6. The van der Waals surface area contributed by atoms with E-state index in [4.69, 9.17) is 16.3 Å². The number of ether oxygens (including phenoxy) is 1. The molecule has 0 radical (unpaired) electrons. The van der Waals surface area contributed by atoms with Crippen molar-refractivity contribution in [3.05, 3.63) is 92.9 Å². The summed E-state index contributed by atoms with van der Waals surface area (Å²) >= 11 is 9.62. The summed E-state index contributed by atoms with van der Waals surface area (Å²) in [6, 6.07) is 21.1. The van der Waals surface area contributed by atoms with Crippen LogP contribution in [0.3, 0.4) is 0 Å². The van der Waals surface area contributed by atoms with Crippen LogP contribution in [-0.2, 0) is 0 Å². The van der Waals surface area contributed by atoms with Crippen molar-refractivity contribution in [2.75, 3.05) is 37.6 Å². The number of carboxylic acids is 1. The van der Waals surface area contributed by atoms with Gasteiger partial charge in [0.1, 0.15) is 17.1 Å². The number of anilines is 1. The predicted molar refractivity (Wildman–Crippen MR) is 162 cm³/mol. The molecule has 1 fully saturated rings. The number of rotatable bonds is 7. The van der Waals surface area contributed by atoms with E-state index in [2.05, 4.69) is 51.7 Å². The average molecular weight is 610 g/mol.